The summed E-state index contributed by atoms with van der Waals surface area (Å²) in [6.07, 6.45) is 1.90. The number of fused-ring (bicyclic) bond motifs is 2. The average Bonchev–Trinajstić information content (AvgIpc) is 3.55. The number of pyridine rings is 2. The predicted octanol–water partition coefficient (Wildman–Crippen LogP) is 6.25. The molecule has 0 unspecified atom stereocenters. The molecule has 1 N–H and O–H groups in total. The number of anilines is 2. The normalized spacial score (nSPS) is 11.9. The molecule has 0 spiro atoms. The Morgan fingerprint density at radius 3 is 2.61 bits per heavy atom. The first-order valence-electron chi connectivity index (χ1n) is 13.0. The summed E-state index contributed by atoms with van der Waals surface area (Å²) in [7, 11) is 1.56. The maximum atomic E-state index is 13.8. The van der Waals surface area contributed by atoms with Crippen LogP contribution < -0.4 is 15.6 Å². The zero-order valence-corrected chi connectivity index (χ0v) is 24.2. The third-order valence-corrected chi connectivity index (χ3v) is 7.27. The largest absolute Gasteiger partial charge is 0.450 e. The molecule has 0 atom stereocenters. The highest BCUT2D eigenvalue weighted by Gasteiger charge is 2.32. The predicted molar refractivity (Wildman–Crippen MR) is 157 cm³/mol. The molecule has 5 aromatic heterocycles. The number of rotatable bonds is 9. The molecule has 6 aromatic rings. The molecule has 0 aliphatic heterocycles. The minimum absolute atomic E-state index is 0.0120. The standard InChI is InChI=1S/C28H21Cl2F3N8O3/c1-39-23-21(29)19(44-20-13-36-41-8-7-34-24(30)22(20)41)12-35-25(23)38-27(39)37-18-11-17(28(31,32)33)14-40(26(18)42)9-10-43-15-16-5-3-2-4-6-16/h2-8,11-14H,9-10,15H2,1H3,(H,35,37,38). The van der Waals surface area contributed by atoms with Crippen LogP contribution in [0.4, 0.5) is 24.8 Å². The first-order chi connectivity index (χ1) is 21.1. The number of hydrogen-bond donors (Lipinski definition) is 1. The number of nitrogens with one attached hydrogen (secondary N) is 1. The fourth-order valence-corrected chi connectivity index (χ4v) is 5.00. The molecule has 16 heteroatoms. The summed E-state index contributed by atoms with van der Waals surface area (Å²) in [5.74, 6) is 0.433. The first-order valence-corrected chi connectivity index (χ1v) is 13.7. The van der Waals surface area contributed by atoms with E-state index in [1.165, 1.54) is 27.7 Å². The number of nitrogens with zero attached hydrogens (tertiary/aromatic N) is 7. The third-order valence-electron chi connectivity index (χ3n) is 6.63. The van der Waals surface area contributed by atoms with Gasteiger partial charge in [-0.3, -0.25) is 4.79 Å². The quantitative estimate of drug-likeness (QED) is 0.184. The number of ether oxygens (including phenoxy) is 2. The summed E-state index contributed by atoms with van der Waals surface area (Å²) >= 11 is 12.9. The fraction of sp³-hybridized carbons (Fsp3) is 0.179. The molecule has 0 bridgehead atoms. The van der Waals surface area contributed by atoms with Crippen molar-refractivity contribution in [2.75, 3.05) is 11.9 Å². The highest BCUT2D eigenvalue weighted by Crippen LogP contribution is 2.38. The van der Waals surface area contributed by atoms with Crippen LogP contribution >= 0.6 is 23.2 Å². The zero-order valence-electron chi connectivity index (χ0n) is 22.7. The molecule has 0 saturated heterocycles. The summed E-state index contributed by atoms with van der Waals surface area (Å²) in [4.78, 5) is 25.9. The summed E-state index contributed by atoms with van der Waals surface area (Å²) in [6, 6.07) is 10.0. The number of aromatic nitrogens is 7. The maximum absolute atomic E-state index is 13.8. The first kappa shape index (κ1) is 29.4. The van der Waals surface area contributed by atoms with Crippen LogP contribution in [0.3, 0.4) is 0 Å². The molecule has 6 rings (SSSR count). The lowest BCUT2D eigenvalue weighted by atomic mass is 10.2. The van der Waals surface area contributed by atoms with Crippen LogP contribution in [0.25, 0.3) is 16.7 Å². The monoisotopic (exact) mass is 644 g/mol. The molecule has 44 heavy (non-hydrogen) atoms. The van der Waals surface area contributed by atoms with E-state index in [1.54, 1.807) is 13.2 Å². The number of halogens is 5. The third kappa shape index (κ3) is 5.78. The lowest BCUT2D eigenvalue weighted by Crippen LogP contribution is -2.26. The van der Waals surface area contributed by atoms with Gasteiger partial charge < -0.3 is 23.9 Å². The van der Waals surface area contributed by atoms with Gasteiger partial charge in [-0.1, -0.05) is 53.5 Å². The van der Waals surface area contributed by atoms with Crippen LogP contribution in [0.2, 0.25) is 10.2 Å². The van der Waals surface area contributed by atoms with E-state index in [4.69, 9.17) is 32.7 Å². The minimum atomic E-state index is -4.71. The van der Waals surface area contributed by atoms with Crippen molar-refractivity contribution < 1.29 is 22.6 Å². The molecule has 5 heterocycles. The topological polar surface area (TPSA) is 113 Å². The SMILES string of the molecule is Cn1c(Nc2cc(C(F)(F)F)cn(CCOCc3ccccc3)c2=O)nc2ncc(Oc3cnn4ccnc(Cl)c34)c(Cl)c21. The Bertz CT molecular complexity index is 2040. The van der Waals surface area contributed by atoms with Crippen LogP contribution in [-0.4, -0.2) is 40.3 Å². The number of hydrogen-bond acceptors (Lipinski definition) is 8. The van der Waals surface area contributed by atoms with E-state index in [2.05, 4.69) is 25.4 Å². The number of imidazole rings is 1. The van der Waals surface area contributed by atoms with Crippen LogP contribution in [0, 0.1) is 0 Å². The Morgan fingerprint density at radius 2 is 1.84 bits per heavy atom. The van der Waals surface area contributed by atoms with Gasteiger partial charge in [-0.15, -0.1) is 0 Å². The molecule has 0 aliphatic carbocycles. The zero-order chi connectivity index (χ0) is 31.0. The molecule has 0 amide bonds. The van der Waals surface area contributed by atoms with E-state index in [9.17, 15) is 18.0 Å². The van der Waals surface area contributed by atoms with E-state index < -0.39 is 17.3 Å². The molecular weight excluding hydrogens is 624 g/mol. The lowest BCUT2D eigenvalue weighted by molar-refractivity contribution is -0.138. The van der Waals surface area contributed by atoms with Gasteiger partial charge in [-0.05, 0) is 11.6 Å². The van der Waals surface area contributed by atoms with Gasteiger partial charge in [0.2, 0.25) is 5.95 Å². The second-order valence-corrected chi connectivity index (χ2v) is 10.3. The molecule has 0 aliphatic rings. The molecule has 0 saturated carbocycles. The summed E-state index contributed by atoms with van der Waals surface area (Å²) in [6.45, 7) is 0.155. The molecule has 1 aromatic carbocycles. The molecule has 0 radical (unpaired) electrons. The van der Waals surface area contributed by atoms with E-state index in [0.717, 1.165) is 22.4 Å². The Labute approximate surface area is 256 Å². The van der Waals surface area contributed by atoms with Gasteiger partial charge in [0.1, 0.15) is 21.7 Å². The number of aryl methyl sites for hydroxylation is 1. The molecule has 226 valence electrons. The average molecular weight is 645 g/mol. The second-order valence-electron chi connectivity index (χ2n) is 9.53. The molecule has 0 fully saturated rings. The van der Waals surface area contributed by atoms with E-state index in [1.807, 2.05) is 30.3 Å². The summed E-state index contributed by atoms with van der Waals surface area (Å²) in [5, 5.41) is 7.16. The Kier molecular flexibility index (Phi) is 7.88. The van der Waals surface area contributed by atoms with Crippen molar-refractivity contribution in [2.24, 2.45) is 7.05 Å². The van der Waals surface area contributed by atoms with E-state index in [-0.39, 0.29) is 58.7 Å². The van der Waals surface area contributed by atoms with Gasteiger partial charge in [-0.2, -0.15) is 23.3 Å². The van der Waals surface area contributed by atoms with Gasteiger partial charge in [-0.25, -0.2) is 14.5 Å². The van der Waals surface area contributed by atoms with Crippen molar-refractivity contribution in [1.29, 1.82) is 0 Å². The van der Waals surface area contributed by atoms with Crippen LogP contribution in [0.5, 0.6) is 11.5 Å². The van der Waals surface area contributed by atoms with Crippen LogP contribution in [-0.2, 0) is 31.1 Å². The van der Waals surface area contributed by atoms with Crippen molar-refractivity contribution in [3.05, 3.63) is 99.0 Å². The van der Waals surface area contributed by atoms with Crippen molar-refractivity contribution in [1.82, 2.24) is 33.7 Å². The van der Waals surface area contributed by atoms with Crippen molar-refractivity contribution in [3.8, 4) is 11.5 Å². The Morgan fingerprint density at radius 1 is 1.05 bits per heavy atom. The Balaban J connectivity index is 1.28. The van der Waals surface area contributed by atoms with Crippen molar-refractivity contribution in [3.63, 3.8) is 0 Å². The van der Waals surface area contributed by atoms with Gasteiger partial charge in [0.15, 0.2) is 22.3 Å². The van der Waals surface area contributed by atoms with Gasteiger partial charge in [0.05, 0.1) is 31.2 Å². The second kappa shape index (κ2) is 11.8. The number of benzene rings is 1. The van der Waals surface area contributed by atoms with Gasteiger partial charge in [0, 0.05) is 32.2 Å². The van der Waals surface area contributed by atoms with E-state index >= 15 is 0 Å². The maximum Gasteiger partial charge on any atom is 0.417 e. The van der Waals surface area contributed by atoms with Gasteiger partial charge in [0.25, 0.3) is 5.56 Å². The van der Waals surface area contributed by atoms with Crippen molar-refractivity contribution >= 4 is 51.5 Å². The number of alkyl halides is 3. The van der Waals surface area contributed by atoms with Crippen LogP contribution in [0.1, 0.15) is 11.1 Å². The minimum Gasteiger partial charge on any atom is -0.450 e. The highest BCUT2D eigenvalue weighted by atomic mass is 35.5. The highest BCUT2D eigenvalue weighted by molar-refractivity contribution is 6.36. The molecule has 11 nitrogen and oxygen atoms in total. The Hall–Kier alpha value is -4.66. The van der Waals surface area contributed by atoms with E-state index in [0.29, 0.717) is 11.0 Å². The van der Waals surface area contributed by atoms with Gasteiger partial charge >= 0.3 is 6.18 Å². The van der Waals surface area contributed by atoms with Crippen molar-refractivity contribution in [2.45, 2.75) is 19.3 Å². The fourth-order valence-electron chi connectivity index (χ4n) is 4.46. The van der Waals surface area contributed by atoms with Crippen LogP contribution in [0.15, 0.2) is 72.2 Å². The summed E-state index contributed by atoms with van der Waals surface area (Å²) < 4.78 is 56.8. The summed E-state index contributed by atoms with van der Waals surface area (Å²) in [5.41, 5.74) is -0.299. The lowest BCUT2D eigenvalue weighted by Gasteiger charge is -2.15. The smallest absolute Gasteiger partial charge is 0.417 e. The molecular formula is C28H21Cl2F3N8O3.